The van der Waals surface area contributed by atoms with Gasteiger partial charge in [-0.3, -0.25) is 0 Å². The van der Waals surface area contributed by atoms with Gasteiger partial charge in [-0.1, -0.05) is 0 Å². The van der Waals surface area contributed by atoms with Gasteiger partial charge in [0.05, 0.1) is 13.2 Å². The molecule has 3 aliphatic rings. The number of rotatable bonds is 0. The summed E-state index contributed by atoms with van der Waals surface area (Å²) in [7, 11) is 0. The molecule has 0 amide bonds. The normalized spacial score (nSPS) is 42.5. The average molecular weight is 184 g/mol. The van der Waals surface area contributed by atoms with Crippen molar-refractivity contribution in [2.24, 2.45) is 11.8 Å². The van der Waals surface area contributed by atoms with Crippen LogP contribution in [0.3, 0.4) is 0 Å². The first-order valence-electron chi connectivity index (χ1n) is 5.11. The molecule has 0 unspecified atom stereocenters. The predicted molar refractivity (Wildman–Crippen MR) is 47.4 cm³/mol. The van der Waals surface area contributed by atoms with Crippen LogP contribution in [0.4, 0.5) is 0 Å². The summed E-state index contributed by atoms with van der Waals surface area (Å²) in [6.07, 6.45) is 0. The summed E-state index contributed by atoms with van der Waals surface area (Å²) in [5.41, 5.74) is 0. The zero-order valence-electron chi connectivity index (χ0n) is 7.71. The van der Waals surface area contributed by atoms with E-state index in [4.69, 9.17) is 9.47 Å². The van der Waals surface area contributed by atoms with Crippen molar-refractivity contribution in [2.45, 2.75) is 5.79 Å². The fourth-order valence-electron chi connectivity index (χ4n) is 2.83. The molecule has 2 N–H and O–H groups in total. The van der Waals surface area contributed by atoms with Crippen LogP contribution < -0.4 is 10.6 Å². The third-order valence-electron chi connectivity index (χ3n) is 3.44. The van der Waals surface area contributed by atoms with E-state index in [2.05, 4.69) is 10.6 Å². The van der Waals surface area contributed by atoms with Gasteiger partial charge in [-0.2, -0.15) is 0 Å². The summed E-state index contributed by atoms with van der Waals surface area (Å²) in [6, 6.07) is 0. The van der Waals surface area contributed by atoms with Gasteiger partial charge in [-0.15, -0.1) is 0 Å². The molecular formula is C9H16N2O2. The quantitative estimate of drug-likeness (QED) is 0.515. The van der Waals surface area contributed by atoms with Gasteiger partial charge in [0, 0.05) is 38.0 Å². The molecule has 3 aliphatic heterocycles. The van der Waals surface area contributed by atoms with Crippen LogP contribution in [-0.2, 0) is 9.47 Å². The van der Waals surface area contributed by atoms with Crippen LogP contribution in [0.1, 0.15) is 0 Å². The second kappa shape index (κ2) is 2.92. The Labute approximate surface area is 78.0 Å². The lowest BCUT2D eigenvalue weighted by Crippen LogP contribution is -2.66. The summed E-state index contributed by atoms with van der Waals surface area (Å²) < 4.78 is 11.7. The fraction of sp³-hybridized carbons (Fsp3) is 1.00. The SMILES string of the molecule is C1COC2(O1)C1CNCC2CNC1. The van der Waals surface area contributed by atoms with Gasteiger partial charge in [0.1, 0.15) is 0 Å². The van der Waals surface area contributed by atoms with E-state index in [1.165, 1.54) is 0 Å². The lowest BCUT2D eigenvalue weighted by molar-refractivity contribution is -0.247. The van der Waals surface area contributed by atoms with Crippen LogP contribution in [0.2, 0.25) is 0 Å². The molecule has 4 heteroatoms. The summed E-state index contributed by atoms with van der Waals surface area (Å²) in [5.74, 6) is 0.737. The molecule has 0 atom stereocenters. The highest BCUT2D eigenvalue weighted by Crippen LogP contribution is 2.39. The molecule has 1 spiro atoms. The maximum absolute atomic E-state index is 5.85. The van der Waals surface area contributed by atoms with E-state index in [9.17, 15) is 0 Å². The summed E-state index contributed by atoms with van der Waals surface area (Å²) in [6.45, 7) is 5.61. The number of hydrogen-bond acceptors (Lipinski definition) is 4. The summed E-state index contributed by atoms with van der Waals surface area (Å²) in [5, 5.41) is 6.88. The highest BCUT2D eigenvalue weighted by Gasteiger charge is 2.54. The van der Waals surface area contributed by atoms with Gasteiger partial charge in [-0.25, -0.2) is 0 Å². The van der Waals surface area contributed by atoms with Gasteiger partial charge in [0.25, 0.3) is 0 Å². The Balaban J connectivity index is 1.90. The van der Waals surface area contributed by atoms with Crippen LogP contribution in [0.5, 0.6) is 0 Å². The average Bonchev–Trinajstić information content (AvgIpc) is 2.53. The molecule has 0 aromatic rings. The van der Waals surface area contributed by atoms with Crippen molar-refractivity contribution in [1.29, 1.82) is 0 Å². The van der Waals surface area contributed by atoms with Crippen LogP contribution in [0.25, 0.3) is 0 Å². The van der Waals surface area contributed by atoms with Crippen LogP contribution >= 0.6 is 0 Å². The topological polar surface area (TPSA) is 42.5 Å². The van der Waals surface area contributed by atoms with Crippen LogP contribution in [0, 0.1) is 11.8 Å². The van der Waals surface area contributed by atoms with Crippen molar-refractivity contribution >= 4 is 0 Å². The van der Waals surface area contributed by atoms with E-state index < -0.39 is 0 Å². The van der Waals surface area contributed by atoms with Crippen molar-refractivity contribution in [2.75, 3.05) is 39.4 Å². The van der Waals surface area contributed by atoms with E-state index in [-0.39, 0.29) is 5.79 Å². The van der Waals surface area contributed by atoms with Gasteiger partial charge >= 0.3 is 0 Å². The number of piperidine rings is 2. The molecule has 0 aromatic carbocycles. The van der Waals surface area contributed by atoms with Gasteiger partial charge in [0.15, 0.2) is 5.79 Å². The Morgan fingerprint density at radius 3 is 1.77 bits per heavy atom. The Hall–Kier alpha value is -0.160. The van der Waals surface area contributed by atoms with Gasteiger partial charge in [-0.05, 0) is 0 Å². The standard InChI is InChI=1S/C9H16N2O2/c1-2-13-9(12-1)7-3-10-5-8(9)6-11-4-7/h7-8,10-11H,1-6H2. The Morgan fingerprint density at radius 1 is 0.846 bits per heavy atom. The van der Waals surface area contributed by atoms with Crippen molar-refractivity contribution in [3.63, 3.8) is 0 Å². The second-order valence-electron chi connectivity index (χ2n) is 4.13. The maximum Gasteiger partial charge on any atom is 0.178 e. The molecule has 2 bridgehead atoms. The summed E-state index contributed by atoms with van der Waals surface area (Å²) in [4.78, 5) is 0. The minimum absolute atomic E-state index is 0.240. The Morgan fingerprint density at radius 2 is 1.31 bits per heavy atom. The molecule has 3 saturated heterocycles. The van der Waals surface area contributed by atoms with E-state index in [0.29, 0.717) is 11.8 Å². The highest BCUT2D eigenvalue weighted by atomic mass is 16.7. The molecule has 3 heterocycles. The van der Waals surface area contributed by atoms with Gasteiger partial charge < -0.3 is 20.1 Å². The highest BCUT2D eigenvalue weighted by molar-refractivity contribution is 5.00. The second-order valence-corrected chi connectivity index (χ2v) is 4.13. The molecule has 13 heavy (non-hydrogen) atoms. The number of ether oxygens (including phenoxy) is 2. The van der Waals surface area contributed by atoms with Crippen molar-refractivity contribution in [3.05, 3.63) is 0 Å². The summed E-state index contributed by atoms with van der Waals surface area (Å²) >= 11 is 0. The molecule has 0 aliphatic carbocycles. The van der Waals surface area contributed by atoms with Crippen molar-refractivity contribution < 1.29 is 9.47 Å². The largest absolute Gasteiger partial charge is 0.347 e. The minimum atomic E-state index is -0.240. The maximum atomic E-state index is 5.85. The van der Waals surface area contributed by atoms with E-state index in [1.807, 2.05) is 0 Å². The first-order valence-corrected chi connectivity index (χ1v) is 5.11. The molecule has 3 rings (SSSR count). The van der Waals surface area contributed by atoms with Crippen molar-refractivity contribution in [1.82, 2.24) is 10.6 Å². The zero-order valence-corrected chi connectivity index (χ0v) is 7.71. The minimum Gasteiger partial charge on any atom is -0.347 e. The third kappa shape index (κ3) is 1.06. The van der Waals surface area contributed by atoms with Crippen molar-refractivity contribution in [3.8, 4) is 0 Å². The molecule has 74 valence electrons. The van der Waals surface area contributed by atoms with Crippen LogP contribution in [0.15, 0.2) is 0 Å². The number of nitrogens with one attached hydrogen (secondary N) is 2. The lowest BCUT2D eigenvalue weighted by Gasteiger charge is -2.49. The molecular weight excluding hydrogens is 168 g/mol. The first kappa shape index (κ1) is 8.17. The number of hydrogen-bond donors (Lipinski definition) is 2. The Bertz CT molecular complexity index is 180. The Kier molecular flexibility index (Phi) is 1.83. The monoisotopic (exact) mass is 184 g/mol. The predicted octanol–water partition coefficient (Wildman–Crippen LogP) is -0.832. The molecule has 3 fully saturated rings. The smallest absolute Gasteiger partial charge is 0.178 e. The van der Waals surface area contributed by atoms with E-state index in [1.54, 1.807) is 0 Å². The first-order chi connectivity index (χ1) is 6.42. The molecule has 0 radical (unpaired) electrons. The molecule has 0 saturated carbocycles. The van der Waals surface area contributed by atoms with Crippen LogP contribution in [-0.4, -0.2) is 45.2 Å². The van der Waals surface area contributed by atoms with Gasteiger partial charge in [0.2, 0.25) is 0 Å². The zero-order chi connectivity index (χ0) is 8.73. The van der Waals surface area contributed by atoms with E-state index in [0.717, 1.165) is 39.4 Å². The third-order valence-corrected chi connectivity index (χ3v) is 3.44. The van der Waals surface area contributed by atoms with E-state index >= 15 is 0 Å². The fourth-order valence-corrected chi connectivity index (χ4v) is 2.83. The molecule has 0 aromatic heterocycles. The lowest BCUT2D eigenvalue weighted by atomic mass is 9.80. The molecule has 4 nitrogen and oxygen atoms in total.